The first-order valence-electron chi connectivity index (χ1n) is 9.89. The first-order chi connectivity index (χ1) is 13.1. The maximum absolute atomic E-state index is 13.4. The van der Waals surface area contributed by atoms with Crippen LogP contribution in [0.3, 0.4) is 0 Å². The van der Waals surface area contributed by atoms with Gasteiger partial charge in [0.25, 0.3) is 0 Å². The molecule has 3 heterocycles. The predicted molar refractivity (Wildman–Crippen MR) is 99.1 cm³/mol. The predicted octanol–water partition coefficient (Wildman–Crippen LogP) is 1.31. The lowest BCUT2D eigenvalue weighted by molar-refractivity contribution is -0.0543. The summed E-state index contributed by atoms with van der Waals surface area (Å²) in [5.74, 6) is 2.38. The lowest BCUT2D eigenvalue weighted by atomic mass is 9.64. The second-order valence-corrected chi connectivity index (χ2v) is 10.8. The van der Waals surface area contributed by atoms with Crippen molar-refractivity contribution in [3.63, 3.8) is 0 Å². The number of hydrogen-bond acceptors (Lipinski definition) is 3. The number of aliphatic hydroxyl groups excluding tert-OH is 1. The molecular formula is C20H18BrN3O3. The highest BCUT2D eigenvalue weighted by Gasteiger charge is 3.03. The van der Waals surface area contributed by atoms with E-state index in [9.17, 15) is 14.7 Å². The van der Waals surface area contributed by atoms with Gasteiger partial charge in [-0.15, -0.1) is 0 Å². The van der Waals surface area contributed by atoms with Crippen molar-refractivity contribution in [1.29, 1.82) is 0 Å². The van der Waals surface area contributed by atoms with E-state index in [2.05, 4.69) is 15.9 Å². The van der Waals surface area contributed by atoms with Crippen LogP contribution in [0.5, 0.6) is 0 Å². The van der Waals surface area contributed by atoms with Gasteiger partial charge < -0.3 is 5.11 Å². The van der Waals surface area contributed by atoms with Gasteiger partial charge in [0.05, 0.1) is 23.9 Å². The molecule has 7 heteroatoms. The van der Waals surface area contributed by atoms with Crippen LogP contribution in [0.15, 0.2) is 39.9 Å². The van der Waals surface area contributed by atoms with Gasteiger partial charge in [-0.3, -0.25) is 0 Å². The van der Waals surface area contributed by atoms with Crippen molar-refractivity contribution in [3.8, 4) is 5.69 Å². The van der Waals surface area contributed by atoms with E-state index in [1.54, 1.807) is 0 Å². The van der Waals surface area contributed by atoms with E-state index in [4.69, 9.17) is 0 Å². The van der Waals surface area contributed by atoms with Gasteiger partial charge >= 0.3 is 11.4 Å². The van der Waals surface area contributed by atoms with Gasteiger partial charge in [0.15, 0.2) is 0 Å². The molecule has 0 amide bonds. The molecule has 6 nitrogen and oxygen atoms in total. The van der Waals surface area contributed by atoms with Crippen LogP contribution in [0.4, 0.5) is 0 Å². The second-order valence-electron chi connectivity index (χ2n) is 9.60. The van der Waals surface area contributed by atoms with Crippen molar-refractivity contribution in [2.75, 3.05) is 0 Å². The highest BCUT2D eigenvalue weighted by Crippen LogP contribution is 3.04. The molecule has 9 rings (SSSR count). The van der Waals surface area contributed by atoms with Gasteiger partial charge in [0.1, 0.15) is 0 Å². The molecule has 0 radical (unpaired) electrons. The number of benzene rings is 1. The molecule has 1 N–H and O–H groups in total. The Bertz CT molecular complexity index is 1110. The molecule has 1 aromatic carbocycles. The van der Waals surface area contributed by atoms with Crippen LogP contribution in [0.2, 0.25) is 0 Å². The fraction of sp³-hybridized carbons (Fsp3) is 0.600. The number of halogens is 1. The average molecular weight is 428 g/mol. The Morgan fingerprint density at radius 3 is 2.15 bits per heavy atom. The Hall–Kier alpha value is -1.60. The summed E-state index contributed by atoms with van der Waals surface area (Å²) in [6, 6.07) is 9.50. The molecule has 0 saturated heterocycles. The molecule has 2 bridgehead atoms. The summed E-state index contributed by atoms with van der Waals surface area (Å²) in [4.78, 5) is 26.9. The standard InChI is InChI=1S/C20H18BrN3O3/c21-9-6-19-14-11-12-13(11)16(20(14,19)7-10(9)25)24-18(27)22(8-4-2-1-3-5-8)17(26)23(24)15(12)19/h1-5,9-16,25H,6-7H2/t9-,10-,11+,12-,13-,14-,15-,16+,19-,20+/m0/s1. The highest BCUT2D eigenvalue weighted by molar-refractivity contribution is 9.09. The Morgan fingerprint density at radius 2 is 1.52 bits per heavy atom. The molecule has 5 aliphatic carbocycles. The maximum atomic E-state index is 13.4. The first kappa shape index (κ1) is 14.4. The van der Waals surface area contributed by atoms with E-state index in [-0.39, 0.29) is 45.2 Å². The molecule has 27 heavy (non-hydrogen) atoms. The van der Waals surface area contributed by atoms with E-state index in [1.807, 2.05) is 39.7 Å². The van der Waals surface area contributed by atoms with E-state index in [1.165, 1.54) is 4.57 Å². The number of nitrogens with zero attached hydrogens (tertiary/aromatic N) is 3. The first-order valence-corrected chi connectivity index (χ1v) is 10.8. The number of rotatable bonds is 1. The van der Waals surface area contributed by atoms with E-state index >= 15 is 0 Å². The molecule has 2 aromatic rings. The molecule has 138 valence electrons. The quantitative estimate of drug-likeness (QED) is 0.697. The van der Waals surface area contributed by atoms with Gasteiger partial charge in [-0.1, -0.05) is 34.1 Å². The minimum absolute atomic E-state index is 0.0462. The molecule has 2 aliphatic heterocycles. The Morgan fingerprint density at radius 1 is 0.926 bits per heavy atom. The Kier molecular flexibility index (Phi) is 2.02. The normalized spacial score (nSPS) is 53.9. The molecular weight excluding hydrogens is 410 g/mol. The summed E-state index contributed by atoms with van der Waals surface area (Å²) < 4.78 is 5.00. The summed E-state index contributed by atoms with van der Waals surface area (Å²) >= 11 is 3.70. The fourth-order valence-corrected chi connectivity index (χ4v) is 9.72. The van der Waals surface area contributed by atoms with Gasteiger partial charge in [-0.2, -0.15) is 0 Å². The smallest absolute Gasteiger partial charge is 0.352 e. The monoisotopic (exact) mass is 427 g/mol. The van der Waals surface area contributed by atoms with Gasteiger partial charge in [0.2, 0.25) is 0 Å². The van der Waals surface area contributed by atoms with Crippen molar-refractivity contribution < 1.29 is 5.11 Å². The maximum Gasteiger partial charge on any atom is 0.352 e. The van der Waals surface area contributed by atoms with E-state index < -0.39 is 0 Å². The Labute approximate surface area is 162 Å². The van der Waals surface area contributed by atoms with Crippen molar-refractivity contribution in [2.24, 2.45) is 34.5 Å². The van der Waals surface area contributed by atoms with Crippen molar-refractivity contribution in [2.45, 2.75) is 35.9 Å². The van der Waals surface area contributed by atoms with Gasteiger partial charge in [0, 0.05) is 15.7 Å². The molecule has 7 aliphatic rings. The second kappa shape index (κ2) is 3.79. The van der Waals surface area contributed by atoms with Crippen LogP contribution >= 0.6 is 15.9 Å². The number of alkyl halides is 1. The van der Waals surface area contributed by atoms with E-state index in [0.29, 0.717) is 29.4 Å². The van der Waals surface area contributed by atoms with Crippen LogP contribution in [-0.2, 0) is 0 Å². The molecule has 5 fully saturated rings. The summed E-state index contributed by atoms with van der Waals surface area (Å²) in [6.07, 6.45) is 1.34. The number of para-hydroxylation sites is 1. The highest BCUT2D eigenvalue weighted by atomic mass is 79.9. The van der Waals surface area contributed by atoms with Gasteiger partial charge in [-0.05, 0) is 48.6 Å². The summed E-state index contributed by atoms with van der Waals surface area (Å²) in [5, 5.41) is 10.6. The number of hydrogen-bond donors (Lipinski definition) is 1. The van der Waals surface area contributed by atoms with Crippen molar-refractivity contribution in [3.05, 3.63) is 51.3 Å². The van der Waals surface area contributed by atoms with Crippen molar-refractivity contribution >= 4 is 15.9 Å². The zero-order valence-electron chi connectivity index (χ0n) is 14.4. The third-order valence-corrected chi connectivity index (χ3v) is 10.2. The van der Waals surface area contributed by atoms with E-state index in [0.717, 1.165) is 12.8 Å². The van der Waals surface area contributed by atoms with Crippen LogP contribution < -0.4 is 11.4 Å². The zero-order chi connectivity index (χ0) is 18.0. The molecule has 1 aromatic heterocycles. The molecule has 10 atom stereocenters. The Balaban J connectivity index is 1.44. The summed E-state index contributed by atoms with van der Waals surface area (Å²) in [5.41, 5.74) is 0.431. The van der Waals surface area contributed by atoms with Crippen LogP contribution in [0.25, 0.3) is 5.69 Å². The number of aromatic nitrogens is 3. The van der Waals surface area contributed by atoms with Crippen LogP contribution in [0, 0.1) is 34.5 Å². The summed E-state index contributed by atoms with van der Waals surface area (Å²) in [7, 11) is 0. The average Bonchev–Trinajstić information content (AvgIpc) is 3.40. The zero-order valence-corrected chi connectivity index (χ0v) is 16.0. The van der Waals surface area contributed by atoms with Crippen LogP contribution in [0.1, 0.15) is 24.9 Å². The molecule has 2 spiro atoms. The number of aliphatic hydroxyl groups is 1. The van der Waals surface area contributed by atoms with Crippen molar-refractivity contribution in [1.82, 2.24) is 13.9 Å². The molecule has 0 unspecified atom stereocenters. The topological polar surface area (TPSA) is 69.2 Å². The minimum atomic E-state index is -0.356. The third kappa shape index (κ3) is 1.10. The lowest BCUT2D eigenvalue weighted by Gasteiger charge is -2.52. The third-order valence-electron chi connectivity index (χ3n) is 9.30. The molecule has 5 saturated carbocycles. The van der Waals surface area contributed by atoms with Gasteiger partial charge in [-0.25, -0.2) is 23.5 Å². The summed E-state index contributed by atoms with van der Waals surface area (Å²) in [6.45, 7) is 0. The van der Waals surface area contributed by atoms with Crippen LogP contribution in [-0.4, -0.2) is 30.0 Å². The minimum Gasteiger partial charge on any atom is -0.392 e. The fourth-order valence-electron chi connectivity index (χ4n) is 8.99. The largest absolute Gasteiger partial charge is 0.392 e. The lowest BCUT2D eigenvalue weighted by Crippen LogP contribution is -2.56. The SMILES string of the molecule is O=c1n(-c2ccccc2)c(=O)n2n1[C@H]1[C@H]3[C@@H]4[C@@H]3[C@@H]2[C@]23C[C@H](O)[C@@H](Br)C[C@]12[C@H]43.